The summed E-state index contributed by atoms with van der Waals surface area (Å²) < 4.78 is 32.0. The molecular formula is C13H16F2N4O4. The highest BCUT2D eigenvalue weighted by atomic mass is 19.1. The summed E-state index contributed by atoms with van der Waals surface area (Å²) in [6, 6.07) is 0. The Bertz CT molecular complexity index is 714. The highest BCUT2D eigenvalue weighted by Gasteiger charge is 2.56. The lowest BCUT2D eigenvalue weighted by molar-refractivity contribution is -0.0780. The third-order valence-electron chi connectivity index (χ3n) is 3.53. The van der Waals surface area contributed by atoms with E-state index in [4.69, 9.17) is 16.2 Å². The molecule has 126 valence electrons. The van der Waals surface area contributed by atoms with Gasteiger partial charge in [0.05, 0.1) is 12.3 Å². The first-order valence-corrected chi connectivity index (χ1v) is 6.63. The lowest BCUT2D eigenvalue weighted by Crippen LogP contribution is -2.55. The molecule has 6 N–H and O–H groups in total. The number of anilines is 1. The minimum Gasteiger partial charge on any atom is -0.391 e. The molecule has 0 spiro atoms. The molecule has 1 aliphatic heterocycles. The molecule has 5 atom stereocenters. The van der Waals surface area contributed by atoms with Gasteiger partial charge in [-0.15, -0.1) is 0 Å². The van der Waals surface area contributed by atoms with Gasteiger partial charge < -0.3 is 26.4 Å². The number of aliphatic hydroxyl groups excluding tert-OH is 2. The van der Waals surface area contributed by atoms with Crippen molar-refractivity contribution >= 4 is 5.82 Å². The van der Waals surface area contributed by atoms with Crippen molar-refractivity contribution in [3.63, 3.8) is 0 Å². The van der Waals surface area contributed by atoms with Crippen LogP contribution in [-0.4, -0.2) is 50.3 Å². The molecule has 8 nitrogen and oxygen atoms in total. The van der Waals surface area contributed by atoms with E-state index in [0.29, 0.717) is 10.8 Å². The Morgan fingerprint density at radius 2 is 2.30 bits per heavy atom. The average molecular weight is 330 g/mol. The van der Waals surface area contributed by atoms with E-state index in [-0.39, 0.29) is 0 Å². The van der Waals surface area contributed by atoms with Gasteiger partial charge >= 0.3 is 5.69 Å². The predicted molar refractivity (Wildman–Crippen MR) is 75.1 cm³/mol. The largest absolute Gasteiger partial charge is 0.391 e. The van der Waals surface area contributed by atoms with Crippen molar-refractivity contribution < 1.29 is 23.7 Å². The van der Waals surface area contributed by atoms with Crippen LogP contribution < -0.4 is 17.2 Å². The fraction of sp³-hybridized carbons (Fsp3) is 0.538. The van der Waals surface area contributed by atoms with Crippen LogP contribution in [0.15, 0.2) is 11.0 Å². The molecule has 1 aliphatic rings. The summed E-state index contributed by atoms with van der Waals surface area (Å²) in [4.78, 5) is 15.2. The van der Waals surface area contributed by atoms with Gasteiger partial charge in [-0.25, -0.2) is 13.6 Å². The van der Waals surface area contributed by atoms with Crippen molar-refractivity contribution in [1.29, 1.82) is 0 Å². The summed E-state index contributed by atoms with van der Waals surface area (Å²) in [5.41, 5.74) is 8.23. The molecule has 1 saturated heterocycles. The quantitative estimate of drug-likeness (QED) is 0.473. The summed E-state index contributed by atoms with van der Waals surface area (Å²) in [6.45, 7) is 0.269. The molecule has 1 unspecified atom stereocenters. The second kappa shape index (κ2) is 6.21. The van der Waals surface area contributed by atoms with Crippen LogP contribution in [0.1, 0.15) is 13.2 Å². The summed E-state index contributed by atoms with van der Waals surface area (Å²) in [5.74, 6) is 2.70. The number of nitrogen functional groups attached to an aromatic ring is 1. The molecule has 2 heterocycles. The SMILES string of the molecule is C[C@@H](O)[C@H]1O[C@@H](n2cc(F)c(N)nc2=O)C(N)(C#CCF)[C@H]1O. The van der Waals surface area contributed by atoms with Crippen LogP contribution in [0.25, 0.3) is 0 Å². The predicted octanol–water partition coefficient (Wildman–Crippen LogP) is -1.73. The van der Waals surface area contributed by atoms with Crippen LogP contribution in [0.3, 0.4) is 0 Å². The summed E-state index contributed by atoms with van der Waals surface area (Å²) >= 11 is 0. The molecule has 0 aliphatic carbocycles. The van der Waals surface area contributed by atoms with Gasteiger partial charge in [0.2, 0.25) is 0 Å². The molecule has 1 aromatic heterocycles. The van der Waals surface area contributed by atoms with Gasteiger partial charge in [-0.1, -0.05) is 11.8 Å². The van der Waals surface area contributed by atoms with Crippen molar-refractivity contribution in [1.82, 2.24) is 9.55 Å². The molecule has 0 saturated carbocycles. The minimum atomic E-state index is -1.96. The average Bonchev–Trinajstić information content (AvgIpc) is 2.74. The highest BCUT2D eigenvalue weighted by Crippen LogP contribution is 2.37. The van der Waals surface area contributed by atoms with Crippen LogP contribution >= 0.6 is 0 Å². The fourth-order valence-corrected chi connectivity index (χ4v) is 2.37. The molecule has 10 heteroatoms. The lowest BCUT2D eigenvalue weighted by atomic mass is 9.90. The minimum absolute atomic E-state index is 0.616. The monoisotopic (exact) mass is 330 g/mol. The Morgan fingerprint density at radius 1 is 1.65 bits per heavy atom. The van der Waals surface area contributed by atoms with Gasteiger partial charge in [0.15, 0.2) is 23.4 Å². The van der Waals surface area contributed by atoms with Gasteiger partial charge in [0.25, 0.3) is 0 Å². The zero-order valence-corrected chi connectivity index (χ0v) is 12.1. The zero-order chi connectivity index (χ0) is 17.4. The number of halogens is 2. The van der Waals surface area contributed by atoms with E-state index in [1.54, 1.807) is 0 Å². The molecule has 1 fully saturated rings. The first kappa shape index (κ1) is 17.3. The van der Waals surface area contributed by atoms with Crippen molar-refractivity contribution in [3.05, 3.63) is 22.5 Å². The third-order valence-corrected chi connectivity index (χ3v) is 3.53. The first-order valence-electron chi connectivity index (χ1n) is 6.63. The number of aliphatic hydroxyl groups is 2. The van der Waals surface area contributed by atoms with Crippen molar-refractivity contribution in [3.8, 4) is 11.8 Å². The van der Waals surface area contributed by atoms with E-state index in [0.717, 1.165) is 0 Å². The number of hydrogen-bond donors (Lipinski definition) is 4. The van der Waals surface area contributed by atoms with Crippen molar-refractivity contribution in [2.24, 2.45) is 5.73 Å². The molecular weight excluding hydrogens is 314 g/mol. The van der Waals surface area contributed by atoms with Crippen LogP contribution in [0, 0.1) is 17.7 Å². The Kier molecular flexibility index (Phi) is 4.67. The number of rotatable bonds is 2. The first-order chi connectivity index (χ1) is 10.7. The van der Waals surface area contributed by atoms with E-state index in [1.165, 1.54) is 6.92 Å². The second-order valence-electron chi connectivity index (χ2n) is 5.17. The van der Waals surface area contributed by atoms with Crippen molar-refractivity contribution in [2.75, 3.05) is 12.4 Å². The number of ether oxygens (including phenoxy) is 1. The van der Waals surface area contributed by atoms with E-state index in [9.17, 15) is 23.8 Å². The molecule has 0 radical (unpaired) electrons. The van der Waals surface area contributed by atoms with E-state index >= 15 is 0 Å². The number of hydrogen-bond acceptors (Lipinski definition) is 7. The Hall–Kier alpha value is -2.06. The van der Waals surface area contributed by atoms with Gasteiger partial charge in [-0.3, -0.25) is 4.57 Å². The Morgan fingerprint density at radius 3 is 2.87 bits per heavy atom. The number of nitrogens with two attached hydrogens (primary N) is 2. The maximum absolute atomic E-state index is 13.6. The van der Waals surface area contributed by atoms with E-state index in [1.807, 2.05) is 5.92 Å². The van der Waals surface area contributed by atoms with E-state index < -0.39 is 54.1 Å². The van der Waals surface area contributed by atoms with Crippen LogP contribution in [0.5, 0.6) is 0 Å². The fourth-order valence-electron chi connectivity index (χ4n) is 2.37. The van der Waals surface area contributed by atoms with Crippen LogP contribution in [-0.2, 0) is 4.74 Å². The maximum atomic E-state index is 13.6. The smallest absolute Gasteiger partial charge is 0.351 e. The van der Waals surface area contributed by atoms with Gasteiger partial charge in [-0.2, -0.15) is 4.98 Å². The number of nitrogens with zero attached hydrogens (tertiary/aromatic N) is 2. The van der Waals surface area contributed by atoms with Crippen LogP contribution in [0.4, 0.5) is 14.6 Å². The molecule has 1 aromatic rings. The van der Waals surface area contributed by atoms with Gasteiger partial charge in [-0.05, 0) is 6.92 Å². The molecule has 2 rings (SSSR count). The van der Waals surface area contributed by atoms with Gasteiger partial charge in [0, 0.05) is 0 Å². The maximum Gasteiger partial charge on any atom is 0.351 e. The topological polar surface area (TPSA) is 137 Å². The summed E-state index contributed by atoms with van der Waals surface area (Å²) in [5, 5.41) is 19.9. The second-order valence-corrected chi connectivity index (χ2v) is 5.17. The highest BCUT2D eigenvalue weighted by molar-refractivity contribution is 5.29. The Balaban J connectivity index is 2.58. The summed E-state index contributed by atoms with van der Waals surface area (Å²) in [6.07, 6.45) is -4.74. The molecule has 0 aromatic carbocycles. The lowest BCUT2D eigenvalue weighted by Gasteiger charge is -2.28. The number of alkyl halides is 1. The number of aromatic nitrogens is 2. The normalized spacial score (nSPS) is 31.5. The third kappa shape index (κ3) is 2.91. The molecule has 0 bridgehead atoms. The van der Waals surface area contributed by atoms with Crippen LogP contribution in [0.2, 0.25) is 0 Å². The van der Waals surface area contributed by atoms with Gasteiger partial charge in [0.1, 0.15) is 18.9 Å². The zero-order valence-electron chi connectivity index (χ0n) is 12.1. The standard InChI is InChI=1S/C13H16F2N4O4/c1-6(20)8-9(21)13(17,3-2-4-14)11(23-8)19-5-7(15)10(16)18-12(19)22/h5-6,8-9,11,20-21H,4,17H2,1H3,(H2,16,18,22)/t6-,8-,9+,11-,13?/m1/s1. The van der Waals surface area contributed by atoms with E-state index in [2.05, 4.69) is 10.9 Å². The Labute approximate surface area is 129 Å². The summed E-state index contributed by atoms with van der Waals surface area (Å²) in [7, 11) is 0. The molecule has 0 amide bonds. The van der Waals surface area contributed by atoms with Crippen molar-refractivity contribution in [2.45, 2.75) is 37.0 Å². The molecule has 23 heavy (non-hydrogen) atoms.